The number of hydrogen-bond donors (Lipinski definition) is 1. The standard InChI is InChI=1S/C15H15ClN2O2S/c16-11-8-12(10-18-9-11)19-6-3-7-20-14-5-2-1-4-13(14)15(17)21/h1-2,4-5,8-10H,3,6-7H2,(H2,17,21). The van der Waals surface area contributed by atoms with E-state index < -0.39 is 0 Å². The summed E-state index contributed by atoms with van der Waals surface area (Å²) in [6.45, 7) is 1.02. The molecule has 0 aliphatic rings. The van der Waals surface area contributed by atoms with Gasteiger partial charge in [0.05, 0.1) is 30.0 Å². The fraction of sp³-hybridized carbons (Fsp3) is 0.200. The van der Waals surface area contributed by atoms with Crippen LogP contribution in [0.15, 0.2) is 42.7 Å². The summed E-state index contributed by atoms with van der Waals surface area (Å²) in [5, 5.41) is 0.550. The van der Waals surface area contributed by atoms with E-state index in [1.54, 1.807) is 18.5 Å². The lowest BCUT2D eigenvalue weighted by Gasteiger charge is -2.11. The smallest absolute Gasteiger partial charge is 0.139 e. The van der Waals surface area contributed by atoms with Crippen molar-refractivity contribution in [2.75, 3.05) is 13.2 Å². The number of aromatic nitrogens is 1. The number of nitrogens with two attached hydrogens (primary N) is 1. The van der Waals surface area contributed by atoms with Gasteiger partial charge in [0.2, 0.25) is 0 Å². The van der Waals surface area contributed by atoms with E-state index in [-0.39, 0.29) is 0 Å². The number of rotatable bonds is 7. The van der Waals surface area contributed by atoms with Gasteiger partial charge in [-0.15, -0.1) is 0 Å². The first-order valence-electron chi connectivity index (χ1n) is 6.42. The highest BCUT2D eigenvalue weighted by molar-refractivity contribution is 7.80. The summed E-state index contributed by atoms with van der Waals surface area (Å²) in [7, 11) is 0. The maximum absolute atomic E-state index is 5.82. The van der Waals surface area contributed by atoms with Gasteiger partial charge in [-0.3, -0.25) is 4.98 Å². The Morgan fingerprint density at radius 2 is 1.95 bits per heavy atom. The van der Waals surface area contributed by atoms with E-state index >= 15 is 0 Å². The molecule has 4 nitrogen and oxygen atoms in total. The summed E-state index contributed by atoms with van der Waals surface area (Å²) in [5.41, 5.74) is 6.39. The minimum absolute atomic E-state index is 0.326. The van der Waals surface area contributed by atoms with Crippen molar-refractivity contribution in [3.05, 3.63) is 53.3 Å². The summed E-state index contributed by atoms with van der Waals surface area (Å²) in [5.74, 6) is 1.33. The van der Waals surface area contributed by atoms with Gasteiger partial charge < -0.3 is 15.2 Å². The third kappa shape index (κ3) is 4.88. The van der Waals surface area contributed by atoms with Crippen LogP contribution >= 0.6 is 23.8 Å². The molecule has 0 bridgehead atoms. The number of ether oxygens (including phenoxy) is 2. The first-order valence-corrected chi connectivity index (χ1v) is 7.20. The molecule has 110 valence electrons. The zero-order valence-electron chi connectivity index (χ0n) is 11.3. The van der Waals surface area contributed by atoms with E-state index in [9.17, 15) is 0 Å². The van der Waals surface area contributed by atoms with E-state index in [0.717, 1.165) is 12.0 Å². The van der Waals surface area contributed by atoms with Gasteiger partial charge in [-0.1, -0.05) is 36.0 Å². The van der Waals surface area contributed by atoms with Crippen LogP contribution in [0.5, 0.6) is 11.5 Å². The molecule has 0 saturated heterocycles. The van der Waals surface area contributed by atoms with E-state index in [2.05, 4.69) is 4.98 Å². The second-order valence-electron chi connectivity index (χ2n) is 4.25. The van der Waals surface area contributed by atoms with Gasteiger partial charge >= 0.3 is 0 Å². The van der Waals surface area contributed by atoms with Gasteiger partial charge in [0.15, 0.2) is 0 Å². The van der Waals surface area contributed by atoms with Crippen LogP contribution in [0.25, 0.3) is 0 Å². The van der Waals surface area contributed by atoms with Crippen molar-refractivity contribution in [3.63, 3.8) is 0 Å². The lowest BCUT2D eigenvalue weighted by molar-refractivity contribution is 0.247. The summed E-state index contributed by atoms with van der Waals surface area (Å²) in [6.07, 6.45) is 3.90. The monoisotopic (exact) mass is 322 g/mol. The second kappa shape index (κ2) is 7.81. The van der Waals surface area contributed by atoms with Gasteiger partial charge in [-0.25, -0.2) is 0 Å². The fourth-order valence-electron chi connectivity index (χ4n) is 1.70. The largest absolute Gasteiger partial charge is 0.493 e. The van der Waals surface area contributed by atoms with E-state index in [1.165, 1.54) is 0 Å². The summed E-state index contributed by atoms with van der Waals surface area (Å²) in [6, 6.07) is 9.15. The van der Waals surface area contributed by atoms with Crippen molar-refractivity contribution < 1.29 is 9.47 Å². The molecule has 2 N–H and O–H groups in total. The number of halogens is 1. The third-order valence-electron chi connectivity index (χ3n) is 2.65. The van der Waals surface area contributed by atoms with Gasteiger partial charge in [0.25, 0.3) is 0 Å². The quantitative estimate of drug-likeness (QED) is 0.626. The van der Waals surface area contributed by atoms with Crippen LogP contribution in [-0.2, 0) is 0 Å². The molecule has 0 aliphatic heterocycles. The fourth-order valence-corrected chi connectivity index (χ4v) is 2.03. The van der Waals surface area contributed by atoms with Crippen molar-refractivity contribution >= 4 is 28.8 Å². The number of pyridine rings is 1. The second-order valence-corrected chi connectivity index (χ2v) is 5.13. The van der Waals surface area contributed by atoms with Gasteiger partial charge in [-0.2, -0.15) is 0 Å². The number of benzene rings is 1. The molecular formula is C15H15ClN2O2S. The first-order chi connectivity index (χ1) is 10.2. The van der Waals surface area contributed by atoms with E-state index in [1.807, 2.05) is 24.3 Å². The normalized spacial score (nSPS) is 10.1. The minimum atomic E-state index is 0.326. The highest BCUT2D eigenvalue weighted by Gasteiger charge is 2.05. The molecule has 0 amide bonds. The topological polar surface area (TPSA) is 57.4 Å². The van der Waals surface area contributed by atoms with Gasteiger partial charge in [0, 0.05) is 18.7 Å². The van der Waals surface area contributed by atoms with Crippen LogP contribution in [-0.4, -0.2) is 23.2 Å². The molecule has 1 heterocycles. The number of thiocarbonyl (C=S) groups is 1. The molecule has 0 unspecified atom stereocenters. The highest BCUT2D eigenvalue weighted by atomic mass is 35.5. The van der Waals surface area contributed by atoms with Crippen LogP contribution in [0.2, 0.25) is 5.02 Å². The summed E-state index contributed by atoms with van der Waals surface area (Å²) < 4.78 is 11.2. The number of hydrogen-bond acceptors (Lipinski definition) is 4. The van der Waals surface area contributed by atoms with Crippen LogP contribution in [0, 0.1) is 0 Å². The lowest BCUT2D eigenvalue weighted by atomic mass is 10.2. The van der Waals surface area contributed by atoms with Crippen LogP contribution in [0.4, 0.5) is 0 Å². The van der Waals surface area contributed by atoms with Crippen molar-refractivity contribution in [2.45, 2.75) is 6.42 Å². The third-order valence-corrected chi connectivity index (χ3v) is 3.07. The van der Waals surface area contributed by atoms with Crippen LogP contribution in [0.1, 0.15) is 12.0 Å². The number of nitrogens with zero attached hydrogens (tertiary/aromatic N) is 1. The minimum Gasteiger partial charge on any atom is -0.493 e. The predicted octanol–water partition coefficient (Wildman–Crippen LogP) is 3.22. The van der Waals surface area contributed by atoms with E-state index in [0.29, 0.717) is 34.7 Å². The Bertz CT molecular complexity index is 622. The molecule has 0 spiro atoms. The average molecular weight is 323 g/mol. The zero-order valence-corrected chi connectivity index (χ0v) is 12.9. The predicted molar refractivity (Wildman–Crippen MR) is 87.2 cm³/mol. The lowest BCUT2D eigenvalue weighted by Crippen LogP contribution is -2.12. The van der Waals surface area contributed by atoms with Gasteiger partial charge in [0.1, 0.15) is 16.5 Å². The van der Waals surface area contributed by atoms with Crippen molar-refractivity contribution in [1.29, 1.82) is 0 Å². The maximum Gasteiger partial charge on any atom is 0.139 e. The Labute approximate surface area is 133 Å². The van der Waals surface area contributed by atoms with Crippen molar-refractivity contribution in [1.82, 2.24) is 4.98 Å². The molecule has 0 saturated carbocycles. The molecule has 2 rings (SSSR count). The maximum atomic E-state index is 5.82. The molecule has 2 aromatic rings. The molecule has 0 atom stereocenters. The number of para-hydroxylation sites is 1. The highest BCUT2D eigenvalue weighted by Crippen LogP contribution is 2.18. The molecule has 1 aromatic heterocycles. The summed E-state index contributed by atoms with van der Waals surface area (Å²) >= 11 is 10.8. The van der Waals surface area contributed by atoms with Crippen molar-refractivity contribution in [3.8, 4) is 11.5 Å². The molecule has 0 aliphatic carbocycles. The molecular weight excluding hydrogens is 308 g/mol. The van der Waals surface area contributed by atoms with Crippen LogP contribution in [0.3, 0.4) is 0 Å². The van der Waals surface area contributed by atoms with Crippen LogP contribution < -0.4 is 15.2 Å². The Hall–Kier alpha value is -1.85. The molecule has 0 radical (unpaired) electrons. The molecule has 21 heavy (non-hydrogen) atoms. The Morgan fingerprint density at radius 1 is 1.19 bits per heavy atom. The zero-order chi connectivity index (χ0) is 15.1. The molecule has 0 fully saturated rings. The Morgan fingerprint density at radius 3 is 2.71 bits per heavy atom. The average Bonchev–Trinajstić information content (AvgIpc) is 2.47. The Balaban J connectivity index is 1.76. The SMILES string of the molecule is NC(=S)c1ccccc1OCCCOc1cncc(Cl)c1. The summed E-state index contributed by atoms with van der Waals surface area (Å²) in [4.78, 5) is 4.27. The molecule has 1 aromatic carbocycles. The van der Waals surface area contributed by atoms with E-state index in [4.69, 9.17) is 39.0 Å². The molecule has 6 heteroatoms. The Kier molecular flexibility index (Phi) is 5.78. The van der Waals surface area contributed by atoms with Gasteiger partial charge in [-0.05, 0) is 12.1 Å². The first kappa shape index (κ1) is 15.5. The van der Waals surface area contributed by atoms with Crippen molar-refractivity contribution in [2.24, 2.45) is 5.73 Å².